The normalized spacial score (nSPS) is 12.0. The molecule has 0 radical (unpaired) electrons. The van der Waals surface area contributed by atoms with E-state index in [1.807, 2.05) is 0 Å². The fraction of sp³-hybridized carbons (Fsp3) is 0.364. The summed E-state index contributed by atoms with van der Waals surface area (Å²) in [7, 11) is 1.92. The van der Waals surface area contributed by atoms with Crippen LogP contribution in [0.4, 0.5) is 22.0 Å². The largest absolute Gasteiger partial charge is 0.431 e. The number of ether oxygens (including phenoxy) is 1. The molecule has 0 aliphatic rings. The quantitative estimate of drug-likeness (QED) is 0.764. The summed E-state index contributed by atoms with van der Waals surface area (Å²) >= 11 is 5.76. The van der Waals surface area contributed by atoms with Crippen molar-refractivity contribution < 1.29 is 26.7 Å². The molecule has 0 fully saturated rings. The van der Waals surface area contributed by atoms with E-state index < -0.39 is 46.5 Å². The van der Waals surface area contributed by atoms with Crippen molar-refractivity contribution >= 4 is 11.6 Å². The predicted molar refractivity (Wildman–Crippen MR) is 70.7 cm³/mol. The minimum absolute atomic E-state index is 0.167. The number of aryl methyl sites for hydroxylation is 1. The maximum absolute atomic E-state index is 12.8. The van der Waals surface area contributed by atoms with E-state index in [1.165, 1.54) is 0 Å². The molecule has 0 aromatic carbocycles. The second-order valence-electron chi connectivity index (χ2n) is 4.49. The summed E-state index contributed by atoms with van der Waals surface area (Å²) in [5.74, 6) is -1.29. The van der Waals surface area contributed by atoms with Gasteiger partial charge in [0.05, 0.1) is 0 Å². The summed E-state index contributed by atoms with van der Waals surface area (Å²) in [5, 5.41) is 2.95. The smallest absolute Gasteiger partial charge is 0.415 e. The maximum atomic E-state index is 12.8. The van der Waals surface area contributed by atoms with Gasteiger partial charge in [-0.3, -0.25) is 9.36 Å². The molecule has 7 nitrogen and oxygen atoms in total. The number of hydrogen-bond acceptors (Lipinski definition) is 4. The summed E-state index contributed by atoms with van der Waals surface area (Å²) in [5.41, 5.74) is -4.27. The van der Waals surface area contributed by atoms with Crippen molar-refractivity contribution in [2.45, 2.75) is 12.8 Å². The summed E-state index contributed by atoms with van der Waals surface area (Å²) in [4.78, 5) is 24.0. The summed E-state index contributed by atoms with van der Waals surface area (Å²) < 4.78 is 68.2. The SMILES string of the molecule is Cn1nc(-n2c(=O)cc(C(F)(F)F)n(C)c2=O)c(Cl)c1OC(F)F. The van der Waals surface area contributed by atoms with Gasteiger partial charge in [-0.05, 0) is 0 Å². The van der Waals surface area contributed by atoms with Crippen molar-refractivity contribution in [2.24, 2.45) is 14.1 Å². The number of alkyl halides is 5. The van der Waals surface area contributed by atoms with Crippen LogP contribution in [0.2, 0.25) is 5.02 Å². The minimum Gasteiger partial charge on any atom is -0.415 e. The number of halogens is 6. The number of hydrogen-bond donors (Lipinski definition) is 0. The van der Waals surface area contributed by atoms with E-state index in [9.17, 15) is 31.5 Å². The van der Waals surface area contributed by atoms with E-state index in [4.69, 9.17) is 11.6 Å². The van der Waals surface area contributed by atoms with Crippen molar-refractivity contribution in [2.75, 3.05) is 0 Å². The molecule has 0 spiro atoms. The minimum atomic E-state index is -4.94. The highest BCUT2D eigenvalue weighted by molar-refractivity contribution is 6.33. The first-order chi connectivity index (χ1) is 10.9. The Morgan fingerprint density at radius 1 is 1.25 bits per heavy atom. The Labute approximate surface area is 134 Å². The first kappa shape index (κ1) is 18.0. The summed E-state index contributed by atoms with van der Waals surface area (Å²) in [6, 6.07) is 0.167. The van der Waals surface area contributed by atoms with Crippen LogP contribution in [0.15, 0.2) is 15.7 Å². The molecular formula is C11H8ClF5N4O3. The average molecular weight is 375 g/mol. The highest BCUT2D eigenvalue weighted by Gasteiger charge is 2.35. The van der Waals surface area contributed by atoms with Gasteiger partial charge >= 0.3 is 18.5 Å². The van der Waals surface area contributed by atoms with E-state index in [0.717, 1.165) is 14.1 Å². The third-order valence-electron chi connectivity index (χ3n) is 2.95. The first-order valence-electron chi connectivity index (χ1n) is 6.03. The second-order valence-corrected chi connectivity index (χ2v) is 4.87. The van der Waals surface area contributed by atoms with Crippen LogP contribution in [0.25, 0.3) is 5.82 Å². The van der Waals surface area contributed by atoms with Gasteiger partial charge in [-0.25, -0.2) is 14.0 Å². The molecule has 13 heteroatoms. The van der Waals surface area contributed by atoms with Crippen molar-refractivity contribution in [3.63, 3.8) is 0 Å². The Morgan fingerprint density at radius 2 is 1.83 bits per heavy atom. The molecule has 2 aromatic heterocycles. The average Bonchev–Trinajstić information content (AvgIpc) is 2.69. The van der Waals surface area contributed by atoms with E-state index in [1.54, 1.807) is 0 Å². The van der Waals surface area contributed by atoms with Crippen LogP contribution in [-0.4, -0.2) is 25.5 Å². The van der Waals surface area contributed by atoms with Gasteiger partial charge in [0.25, 0.3) is 5.56 Å². The fourth-order valence-electron chi connectivity index (χ4n) is 1.92. The van der Waals surface area contributed by atoms with Crippen molar-refractivity contribution in [1.29, 1.82) is 0 Å². The molecule has 0 N–H and O–H groups in total. The Kier molecular flexibility index (Phi) is 4.44. The molecule has 0 unspecified atom stereocenters. The van der Waals surface area contributed by atoms with E-state index in [-0.39, 0.29) is 15.2 Å². The van der Waals surface area contributed by atoms with Crippen LogP contribution in [-0.2, 0) is 20.3 Å². The Bertz CT molecular complexity index is 899. The molecule has 0 aliphatic carbocycles. The lowest BCUT2D eigenvalue weighted by atomic mass is 10.3. The zero-order chi connectivity index (χ0) is 18.4. The van der Waals surface area contributed by atoms with Gasteiger partial charge in [0, 0.05) is 20.2 Å². The molecule has 0 atom stereocenters. The molecule has 0 saturated carbocycles. The van der Waals surface area contributed by atoms with Gasteiger partial charge in [0.2, 0.25) is 5.88 Å². The number of rotatable bonds is 3. The molecule has 132 valence electrons. The van der Waals surface area contributed by atoms with Gasteiger partial charge in [0.15, 0.2) is 5.82 Å². The molecule has 2 rings (SSSR count). The van der Waals surface area contributed by atoms with Crippen LogP contribution >= 0.6 is 11.6 Å². The van der Waals surface area contributed by atoms with Gasteiger partial charge in [-0.2, -0.15) is 22.0 Å². The molecule has 0 bridgehead atoms. The summed E-state index contributed by atoms with van der Waals surface area (Å²) in [6.45, 7) is -3.27. The van der Waals surface area contributed by atoms with E-state index >= 15 is 0 Å². The zero-order valence-electron chi connectivity index (χ0n) is 11.9. The van der Waals surface area contributed by atoms with Gasteiger partial charge < -0.3 is 4.74 Å². The highest BCUT2D eigenvalue weighted by Crippen LogP contribution is 2.31. The van der Waals surface area contributed by atoms with E-state index in [0.29, 0.717) is 4.68 Å². The molecule has 0 aliphatic heterocycles. The van der Waals surface area contributed by atoms with Crippen LogP contribution in [0.1, 0.15) is 5.69 Å². The van der Waals surface area contributed by atoms with Gasteiger partial charge in [0.1, 0.15) is 10.7 Å². The third kappa shape index (κ3) is 3.00. The molecule has 0 amide bonds. The van der Waals surface area contributed by atoms with Gasteiger partial charge in [-0.15, -0.1) is 5.10 Å². The van der Waals surface area contributed by atoms with Crippen molar-refractivity contribution in [1.82, 2.24) is 18.9 Å². The second kappa shape index (κ2) is 5.92. The Balaban J connectivity index is 2.74. The Morgan fingerprint density at radius 3 is 2.33 bits per heavy atom. The predicted octanol–water partition coefficient (Wildman–Crippen LogP) is 1.54. The first-order valence-corrected chi connectivity index (χ1v) is 6.41. The van der Waals surface area contributed by atoms with Crippen LogP contribution in [0.3, 0.4) is 0 Å². The molecule has 24 heavy (non-hydrogen) atoms. The summed E-state index contributed by atoms with van der Waals surface area (Å²) in [6.07, 6.45) is -4.94. The van der Waals surface area contributed by atoms with Crippen LogP contribution < -0.4 is 16.0 Å². The highest BCUT2D eigenvalue weighted by atomic mass is 35.5. The topological polar surface area (TPSA) is 71.0 Å². The maximum Gasteiger partial charge on any atom is 0.431 e. The molecular weight excluding hydrogens is 367 g/mol. The van der Waals surface area contributed by atoms with Crippen LogP contribution in [0.5, 0.6) is 5.88 Å². The molecule has 2 heterocycles. The molecule has 0 saturated heterocycles. The van der Waals surface area contributed by atoms with Crippen molar-refractivity contribution in [3.05, 3.63) is 37.6 Å². The van der Waals surface area contributed by atoms with Crippen molar-refractivity contribution in [3.8, 4) is 11.7 Å². The van der Waals surface area contributed by atoms with Crippen LogP contribution in [0, 0.1) is 0 Å². The third-order valence-corrected chi connectivity index (χ3v) is 3.28. The monoisotopic (exact) mass is 374 g/mol. The Hall–Kier alpha value is -2.37. The standard InChI is InChI=1S/C11H8ClF5N4O3/c1-19-4(11(15,16)17)3-5(22)21(10(19)23)7-6(12)8(20(2)18-7)24-9(13)14/h3,9H,1-2H3. The lowest BCUT2D eigenvalue weighted by Gasteiger charge is -2.12. The van der Waals surface area contributed by atoms with Gasteiger partial charge in [-0.1, -0.05) is 11.6 Å². The van der Waals surface area contributed by atoms with E-state index in [2.05, 4.69) is 9.84 Å². The number of nitrogens with zero attached hydrogens (tertiary/aromatic N) is 4. The molecule has 2 aromatic rings. The lowest BCUT2D eigenvalue weighted by Crippen LogP contribution is -2.41. The lowest BCUT2D eigenvalue weighted by molar-refractivity contribution is -0.144. The number of aromatic nitrogens is 4. The zero-order valence-corrected chi connectivity index (χ0v) is 12.7. The fourth-order valence-corrected chi connectivity index (χ4v) is 2.21.